The summed E-state index contributed by atoms with van der Waals surface area (Å²) in [5.41, 5.74) is 1.84. The Hall–Kier alpha value is -0.680. The number of hydrogen-bond acceptors (Lipinski definition) is 4. The van der Waals surface area contributed by atoms with Gasteiger partial charge in [-0.1, -0.05) is 140 Å². The van der Waals surface area contributed by atoms with E-state index < -0.39 is 0 Å². The van der Waals surface area contributed by atoms with Gasteiger partial charge >= 0.3 is 0 Å². The van der Waals surface area contributed by atoms with E-state index in [0.29, 0.717) is 19.1 Å². The van der Waals surface area contributed by atoms with Gasteiger partial charge in [0, 0.05) is 0 Å². The molecule has 2 N–H and O–H groups in total. The largest absolute Gasteiger partial charge is 0.252 e. The fourth-order valence-corrected chi connectivity index (χ4v) is 7.48. The van der Waals surface area contributed by atoms with Gasteiger partial charge in [-0.25, -0.2) is 9.78 Å². The first-order chi connectivity index (χ1) is 19.7. The van der Waals surface area contributed by atoms with Crippen molar-refractivity contribution in [3.63, 3.8) is 0 Å². The van der Waals surface area contributed by atoms with Crippen molar-refractivity contribution in [2.24, 2.45) is 29.6 Å². The van der Waals surface area contributed by atoms with Gasteiger partial charge in [-0.05, 0) is 74.5 Å². The molecule has 0 spiro atoms. The Bertz CT molecular complexity index is 645. The average molecular weight is 563 g/mol. The summed E-state index contributed by atoms with van der Waals surface area (Å²) in [6.07, 6.45) is 38.0. The van der Waals surface area contributed by atoms with Crippen LogP contribution in [0.5, 0.6) is 0 Å². The van der Waals surface area contributed by atoms with Crippen LogP contribution in [-0.2, 0) is 9.78 Å². The Morgan fingerprint density at radius 1 is 0.575 bits per heavy atom. The first kappa shape index (κ1) is 35.5. The zero-order valence-corrected chi connectivity index (χ0v) is 26.5. The van der Waals surface area contributed by atoms with Crippen molar-refractivity contribution in [2.75, 3.05) is 13.2 Å². The van der Waals surface area contributed by atoms with E-state index in [1.807, 2.05) is 5.57 Å². The van der Waals surface area contributed by atoms with Crippen molar-refractivity contribution in [1.29, 1.82) is 0 Å². The van der Waals surface area contributed by atoms with E-state index in [1.54, 1.807) is 0 Å². The highest BCUT2D eigenvalue weighted by atomic mass is 17.1. The van der Waals surface area contributed by atoms with Gasteiger partial charge in [-0.3, -0.25) is 10.5 Å². The molecule has 2 aliphatic carbocycles. The lowest BCUT2D eigenvalue weighted by Crippen LogP contribution is -2.31. The smallest absolute Gasteiger partial charge is 0.0819 e. The zero-order valence-electron chi connectivity index (χ0n) is 26.5. The lowest BCUT2D eigenvalue weighted by molar-refractivity contribution is -0.242. The predicted molar refractivity (Wildman–Crippen MR) is 169 cm³/mol. The van der Waals surface area contributed by atoms with E-state index in [1.165, 1.54) is 122 Å². The van der Waals surface area contributed by atoms with Gasteiger partial charge in [-0.15, -0.1) is 0 Å². The van der Waals surface area contributed by atoms with Crippen LogP contribution in [0.2, 0.25) is 0 Å². The molecular weight excluding hydrogens is 496 g/mol. The topological polar surface area (TPSA) is 58.9 Å². The molecule has 0 heterocycles. The van der Waals surface area contributed by atoms with Crippen LogP contribution in [0.4, 0.5) is 0 Å². The van der Waals surface area contributed by atoms with E-state index in [-0.39, 0.29) is 0 Å². The summed E-state index contributed by atoms with van der Waals surface area (Å²) in [7, 11) is 0. The molecule has 0 aromatic carbocycles. The normalized spacial score (nSPS) is 24.3. The quantitative estimate of drug-likeness (QED) is 0.0476. The van der Waals surface area contributed by atoms with Crippen LogP contribution in [0.3, 0.4) is 0 Å². The molecule has 2 aliphatic rings. The molecule has 0 bridgehead atoms. The summed E-state index contributed by atoms with van der Waals surface area (Å²) in [6.45, 7) is 5.62. The molecule has 40 heavy (non-hydrogen) atoms. The molecule has 5 atom stereocenters. The zero-order chi connectivity index (χ0) is 28.7. The summed E-state index contributed by atoms with van der Waals surface area (Å²) in [6, 6.07) is 0. The predicted octanol–water partition coefficient (Wildman–Crippen LogP) is 11.6. The fourth-order valence-electron chi connectivity index (χ4n) is 7.48. The van der Waals surface area contributed by atoms with Gasteiger partial charge in [0.2, 0.25) is 0 Å². The van der Waals surface area contributed by atoms with Crippen molar-refractivity contribution in [3.8, 4) is 0 Å². The van der Waals surface area contributed by atoms with Crippen LogP contribution in [-0.4, -0.2) is 23.7 Å². The maximum atomic E-state index is 8.53. The summed E-state index contributed by atoms with van der Waals surface area (Å²) in [4.78, 5) is 8.44. The first-order valence-corrected chi connectivity index (χ1v) is 17.7. The van der Waals surface area contributed by atoms with Gasteiger partial charge < -0.3 is 0 Å². The maximum Gasteiger partial charge on any atom is 0.0819 e. The van der Waals surface area contributed by atoms with Crippen molar-refractivity contribution in [2.45, 2.75) is 162 Å². The maximum absolute atomic E-state index is 8.53. The molecule has 0 saturated heterocycles. The molecule has 2 rings (SSSR count). The van der Waals surface area contributed by atoms with Crippen molar-refractivity contribution in [3.05, 3.63) is 23.8 Å². The standard InChI is InChI=1S/C36H66O4/c1-3-5-7-16-23-33-30-36-34(29-32(33)21-6-4-2)26-25-31(22-17-12-8-10-14-19-27-39-37)35(36)24-18-13-9-11-15-20-28-40-38/h25-26,30-35,37-38H,3-24,27-29H2,1-2H3. The third kappa shape index (κ3) is 14.5. The Labute approximate surface area is 248 Å². The molecule has 0 aromatic rings. The van der Waals surface area contributed by atoms with Crippen LogP contribution in [0, 0.1) is 29.6 Å². The molecule has 0 fully saturated rings. The van der Waals surface area contributed by atoms with Gasteiger partial charge in [0.1, 0.15) is 0 Å². The summed E-state index contributed by atoms with van der Waals surface area (Å²) >= 11 is 0. The molecule has 5 unspecified atom stereocenters. The lowest BCUT2D eigenvalue weighted by atomic mass is 9.63. The second-order valence-electron chi connectivity index (χ2n) is 13.1. The molecule has 0 aromatic heterocycles. The second kappa shape index (κ2) is 23.8. The summed E-state index contributed by atoms with van der Waals surface area (Å²) < 4.78 is 0. The first-order valence-electron chi connectivity index (χ1n) is 17.7. The molecular formula is C36H66O4. The minimum absolute atomic E-state index is 0.473. The lowest BCUT2D eigenvalue weighted by Gasteiger charge is -2.42. The Balaban J connectivity index is 1.99. The number of unbranched alkanes of at least 4 members (excludes halogenated alkanes) is 14. The third-order valence-corrected chi connectivity index (χ3v) is 9.88. The number of hydrogen-bond donors (Lipinski definition) is 2. The van der Waals surface area contributed by atoms with Crippen LogP contribution < -0.4 is 0 Å². The molecule has 0 amide bonds. The van der Waals surface area contributed by atoms with Gasteiger partial charge in [0.25, 0.3) is 0 Å². The van der Waals surface area contributed by atoms with E-state index in [9.17, 15) is 0 Å². The van der Waals surface area contributed by atoms with E-state index in [0.717, 1.165) is 49.4 Å². The van der Waals surface area contributed by atoms with Crippen molar-refractivity contribution in [1.82, 2.24) is 0 Å². The average Bonchev–Trinajstić information content (AvgIpc) is 2.97. The van der Waals surface area contributed by atoms with Gasteiger partial charge in [0.05, 0.1) is 13.2 Å². The van der Waals surface area contributed by atoms with E-state index in [4.69, 9.17) is 10.5 Å². The van der Waals surface area contributed by atoms with Gasteiger partial charge in [-0.2, -0.15) is 0 Å². The molecule has 0 saturated carbocycles. The summed E-state index contributed by atoms with van der Waals surface area (Å²) in [5, 5.41) is 17.0. The molecule has 234 valence electrons. The van der Waals surface area contributed by atoms with Crippen LogP contribution in [0.15, 0.2) is 23.8 Å². The van der Waals surface area contributed by atoms with Crippen molar-refractivity contribution < 1.29 is 20.3 Å². The van der Waals surface area contributed by atoms with Crippen LogP contribution >= 0.6 is 0 Å². The van der Waals surface area contributed by atoms with Crippen molar-refractivity contribution >= 4 is 0 Å². The van der Waals surface area contributed by atoms with Crippen LogP contribution in [0.25, 0.3) is 0 Å². The Kier molecular flexibility index (Phi) is 21.2. The Morgan fingerprint density at radius 2 is 1.10 bits per heavy atom. The summed E-state index contributed by atoms with van der Waals surface area (Å²) in [5.74, 6) is 3.86. The monoisotopic (exact) mass is 562 g/mol. The number of rotatable bonds is 26. The highest BCUT2D eigenvalue weighted by molar-refractivity contribution is 5.27. The van der Waals surface area contributed by atoms with Crippen LogP contribution in [0.1, 0.15) is 162 Å². The highest BCUT2D eigenvalue weighted by Crippen LogP contribution is 2.48. The highest BCUT2D eigenvalue weighted by Gasteiger charge is 2.37. The number of allylic oxidation sites excluding steroid dienone is 4. The molecule has 0 aliphatic heterocycles. The Morgan fingerprint density at radius 3 is 1.70 bits per heavy atom. The minimum Gasteiger partial charge on any atom is -0.252 e. The number of fused-ring (bicyclic) bond motifs is 1. The SMILES string of the molecule is CCCCCCC1C=C2C(C=CC(CCCCCCCCOO)C2CCCCCCCCOO)CC1CCCC. The molecule has 0 radical (unpaired) electrons. The molecule has 4 heteroatoms. The van der Waals surface area contributed by atoms with Gasteiger partial charge in [0.15, 0.2) is 0 Å². The second-order valence-corrected chi connectivity index (χ2v) is 13.1. The third-order valence-electron chi connectivity index (χ3n) is 9.88. The van der Waals surface area contributed by atoms with E-state index >= 15 is 0 Å². The fraction of sp³-hybridized carbons (Fsp3) is 0.889. The minimum atomic E-state index is 0.473. The van der Waals surface area contributed by atoms with E-state index in [2.05, 4.69) is 41.9 Å². The molecule has 4 nitrogen and oxygen atoms in total.